The molecule has 1 saturated heterocycles. The normalized spacial score (nSPS) is 19.3. The van der Waals surface area contributed by atoms with Crippen LogP contribution in [0.4, 0.5) is 0 Å². The van der Waals surface area contributed by atoms with Gasteiger partial charge in [-0.15, -0.1) is 0 Å². The van der Waals surface area contributed by atoms with Gasteiger partial charge >= 0.3 is 0 Å². The summed E-state index contributed by atoms with van der Waals surface area (Å²) in [7, 11) is 0. The maximum absolute atomic E-state index is 12.3. The molecule has 2 aromatic rings. The molecule has 1 atom stereocenters. The Balaban J connectivity index is 1.73. The van der Waals surface area contributed by atoms with Crippen LogP contribution in [0.15, 0.2) is 25.7 Å². The van der Waals surface area contributed by atoms with Crippen molar-refractivity contribution in [2.45, 2.75) is 25.7 Å². The summed E-state index contributed by atoms with van der Waals surface area (Å²) in [5, 5.41) is 3.81. The van der Waals surface area contributed by atoms with Crippen molar-refractivity contribution in [2.24, 2.45) is 0 Å². The second-order valence-corrected chi connectivity index (χ2v) is 5.66. The molecule has 0 saturated carbocycles. The second-order valence-electron chi connectivity index (χ2n) is 4.87. The van der Waals surface area contributed by atoms with Gasteiger partial charge in [-0.25, -0.2) is 0 Å². The van der Waals surface area contributed by atoms with Crippen LogP contribution in [0.5, 0.6) is 0 Å². The zero-order valence-corrected chi connectivity index (χ0v) is 12.6. The van der Waals surface area contributed by atoms with E-state index in [-0.39, 0.29) is 11.8 Å². The predicted molar refractivity (Wildman–Crippen MR) is 73.3 cm³/mol. The average Bonchev–Trinajstić information content (AvgIpc) is 3.07. The molecule has 2 aromatic heterocycles. The fourth-order valence-electron chi connectivity index (χ4n) is 2.43. The summed E-state index contributed by atoms with van der Waals surface area (Å²) < 4.78 is 11.1. The molecule has 1 aliphatic rings. The Morgan fingerprint density at radius 3 is 3.00 bits per heavy atom. The van der Waals surface area contributed by atoms with Gasteiger partial charge < -0.3 is 13.8 Å². The smallest absolute Gasteiger partial charge is 0.289 e. The van der Waals surface area contributed by atoms with Crippen LogP contribution in [0.2, 0.25) is 0 Å². The van der Waals surface area contributed by atoms with Gasteiger partial charge in [0.05, 0.1) is 5.92 Å². The number of carbonyl (C=O) groups excluding carboxylic acids is 1. The highest BCUT2D eigenvalue weighted by atomic mass is 79.9. The van der Waals surface area contributed by atoms with Crippen LogP contribution in [0.25, 0.3) is 0 Å². The van der Waals surface area contributed by atoms with Gasteiger partial charge in [-0.3, -0.25) is 4.79 Å². The molecule has 0 unspecified atom stereocenters. The lowest BCUT2D eigenvalue weighted by atomic mass is 9.98. The van der Waals surface area contributed by atoms with Crippen molar-refractivity contribution in [3.63, 3.8) is 0 Å². The molecule has 6 nitrogen and oxygen atoms in total. The van der Waals surface area contributed by atoms with Gasteiger partial charge in [-0.05, 0) is 47.8 Å². The van der Waals surface area contributed by atoms with Crippen molar-refractivity contribution >= 4 is 21.8 Å². The molecule has 1 fully saturated rings. The quantitative estimate of drug-likeness (QED) is 0.841. The molecule has 1 amide bonds. The molecule has 0 N–H and O–H groups in total. The van der Waals surface area contributed by atoms with Crippen molar-refractivity contribution < 1.29 is 13.7 Å². The highest BCUT2D eigenvalue weighted by Crippen LogP contribution is 2.27. The fourth-order valence-corrected chi connectivity index (χ4v) is 2.73. The lowest BCUT2D eigenvalue weighted by molar-refractivity contribution is 0.0662. The van der Waals surface area contributed by atoms with Gasteiger partial charge in [0, 0.05) is 13.1 Å². The van der Waals surface area contributed by atoms with Crippen LogP contribution in [0.1, 0.15) is 41.0 Å². The molecule has 0 spiro atoms. The standard InChI is InChI=1S/C13H14BrN3O3/c1-8-15-12(20-16-8)9-3-2-6-17(7-9)13(18)10-4-5-11(14)19-10/h4-5,9H,2-3,6-7H2,1H3/t9-/m0/s1. The van der Waals surface area contributed by atoms with Gasteiger partial charge in [0.1, 0.15) is 0 Å². The van der Waals surface area contributed by atoms with Gasteiger partial charge in [0.15, 0.2) is 16.3 Å². The summed E-state index contributed by atoms with van der Waals surface area (Å²) in [5.41, 5.74) is 0. The van der Waals surface area contributed by atoms with Gasteiger partial charge in [0.2, 0.25) is 5.89 Å². The number of piperidine rings is 1. The van der Waals surface area contributed by atoms with Gasteiger partial charge in [-0.2, -0.15) is 4.98 Å². The molecule has 0 aliphatic carbocycles. The van der Waals surface area contributed by atoms with Crippen LogP contribution in [-0.2, 0) is 0 Å². The number of halogens is 1. The van der Waals surface area contributed by atoms with Crippen LogP contribution >= 0.6 is 15.9 Å². The van der Waals surface area contributed by atoms with E-state index in [1.165, 1.54) is 0 Å². The van der Waals surface area contributed by atoms with Crippen molar-refractivity contribution in [3.05, 3.63) is 34.3 Å². The molecule has 20 heavy (non-hydrogen) atoms. The molecular weight excluding hydrogens is 326 g/mol. The minimum atomic E-state index is -0.100. The monoisotopic (exact) mass is 339 g/mol. The topological polar surface area (TPSA) is 72.4 Å². The number of carbonyl (C=O) groups is 1. The van der Waals surface area contributed by atoms with E-state index < -0.39 is 0 Å². The average molecular weight is 340 g/mol. The van der Waals surface area contributed by atoms with Crippen molar-refractivity contribution in [1.82, 2.24) is 15.0 Å². The van der Waals surface area contributed by atoms with E-state index in [0.717, 1.165) is 19.4 Å². The lowest BCUT2D eigenvalue weighted by Gasteiger charge is -2.30. The van der Waals surface area contributed by atoms with Crippen LogP contribution in [0.3, 0.4) is 0 Å². The second kappa shape index (κ2) is 5.40. The highest BCUT2D eigenvalue weighted by Gasteiger charge is 2.29. The number of furan rings is 1. The predicted octanol–water partition coefficient (Wildman–Crippen LogP) is 2.75. The number of hydrogen-bond acceptors (Lipinski definition) is 5. The summed E-state index contributed by atoms with van der Waals surface area (Å²) >= 11 is 3.21. The third kappa shape index (κ3) is 2.63. The number of likely N-dealkylation sites (tertiary alicyclic amines) is 1. The van der Waals surface area contributed by atoms with E-state index in [4.69, 9.17) is 8.94 Å². The first kappa shape index (κ1) is 13.4. The number of aromatic nitrogens is 2. The number of nitrogens with zero attached hydrogens (tertiary/aromatic N) is 3. The van der Waals surface area contributed by atoms with Crippen molar-refractivity contribution in [2.75, 3.05) is 13.1 Å². The zero-order valence-electron chi connectivity index (χ0n) is 11.0. The molecule has 3 heterocycles. The van der Waals surface area contributed by atoms with E-state index in [9.17, 15) is 4.79 Å². The molecule has 0 bridgehead atoms. The van der Waals surface area contributed by atoms with Crippen LogP contribution in [-0.4, -0.2) is 34.0 Å². The van der Waals surface area contributed by atoms with Gasteiger partial charge in [-0.1, -0.05) is 5.16 Å². The SMILES string of the molecule is Cc1noc([C@H]2CCCN(C(=O)c3ccc(Br)o3)C2)n1. The largest absolute Gasteiger partial charge is 0.444 e. The molecule has 7 heteroatoms. The third-order valence-electron chi connectivity index (χ3n) is 3.39. The first-order chi connectivity index (χ1) is 9.63. The molecule has 0 aromatic carbocycles. The Hall–Kier alpha value is -1.63. The van der Waals surface area contributed by atoms with E-state index >= 15 is 0 Å². The van der Waals surface area contributed by atoms with E-state index in [1.807, 2.05) is 0 Å². The minimum absolute atomic E-state index is 0.100. The van der Waals surface area contributed by atoms with Gasteiger partial charge in [0.25, 0.3) is 5.91 Å². The number of amides is 1. The number of hydrogen-bond donors (Lipinski definition) is 0. The fraction of sp³-hybridized carbons (Fsp3) is 0.462. The first-order valence-electron chi connectivity index (χ1n) is 6.48. The molecule has 3 rings (SSSR count). The number of aryl methyl sites for hydroxylation is 1. The Morgan fingerprint density at radius 1 is 1.50 bits per heavy atom. The Labute approximate surface area is 124 Å². The van der Waals surface area contributed by atoms with Crippen LogP contribution < -0.4 is 0 Å². The summed E-state index contributed by atoms with van der Waals surface area (Å²) in [6, 6.07) is 3.39. The highest BCUT2D eigenvalue weighted by molar-refractivity contribution is 9.10. The zero-order chi connectivity index (χ0) is 14.1. The Bertz CT molecular complexity index is 622. The first-order valence-corrected chi connectivity index (χ1v) is 7.27. The minimum Gasteiger partial charge on any atom is -0.444 e. The lowest BCUT2D eigenvalue weighted by Crippen LogP contribution is -2.39. The maximum atomic E-state index is 12.3. The van der Waals surface area contributed by atoms with Crippen LogP contribution in [0, 0.1) is 6.92 Å². The van der Waals surface area contributed by atoms with E-state index in [1.54, 1.807) is 24.0 Å². The summed E-state index contributed by atoms with van der Waals surface area (Å²) in [6.07, 6.45) is 1.87. The van der Waals surface area contributed by atoms with Crippen molar-refractivity contribution in [1.29, 1.82) is 0 Å². The maximum Gasteiger partial charge on any atom is 0.289 e. The Morgan fingerprint density at radius 2 is 2.35 bits per heavy atom. The van der Waals surface area contributed by atoms with E-state index in [2.05, 4.69) is 26.1 Å². The summed E-state index contributed by atoms with van der Waals surface area (Å²) in [4.78, 5) is 18.4. The van der Waals surface area contributed by atoms with E-state index in [0.29, 0.717) is 28.7 Å². The van der Waals surface area contributed by atoms with Crippen molar-refractivity contribution in [3.8, 4) is 0 Å². The number of rotatable bonds is 2. The molecule has 106 valence electrons. The Kier molecular flexibility index (Phi) is 3.60. The third-order valence-corrected chi connectivity index (χ3v) is 3.81. The molecule has 0 radical (unpaired) electrons. The summed E-state index contributed by atoms with van der Waals surface area (Å²) in [6.45, 7) is 3.10. The molecule has 1 aliphatic heterocycles. The summed E-state index contributed by atoms with van der Waals surface area (Å²) in [5.74, 6) is 1.59. The molecular formula is C13H14BrN3O3.